The number of sulfonamides is 1. The molecule has 1 aliphatic heterocycles. The van der Waals surface area contributed by atoms with E-state index in [2.05, 4.69) is 0 Å². The summed E-state index contributed by atoms with van der Waals surface area (Å²) in [6.07, 6.45) is 0. The molecule has 0 aliphatic carbocycles. The van der Waals surface area contributed by atoms with Gasteiger partial charge in [0.05, 0.1) is 16.0 Å². The minimum Gasteiger partial charge on any atom is -0.336 e. The maximum Gasteiger partial charge on any atom is 0.255 e. The van der Waals surface area contributed by atoms with Crippen LogP contribution in [0.15, 0.2) is 58.3 Å². The zero-order chi connectivity index (χ0) is 20.1. The highest BCUT2D eigenvalue weighted by Gasteiger charge is 2.32. The van der Waals surface area contributed by atoms with Crippen molar-refractivity contribution in [2.75, 3.05) is 31.9 Å². The molecule has 1 saturated heterocycles. The van der Waals surface area contributed by atoms with Gasteiger partial charge in [-0.25, -0.2) is 8.42 Å². The molecule has 8 heteroatoms. The molecule has 0 N–H and O–H groups in total. The van der Waals surface area contributed by atoms with Crippen LogP contribution < -0.4 is 0 Å². The van der Waals surface area contributed by atoms with Crippen LogP contribution in [-0.4, -0.2) is 55.5 Å². The summed E-state index contributed by atoms with van der Waals surface area (Å²) < 4.78 is 27.2. The predicted octanol–water partition coefficient (Wildman–Crippen LogP) is 2.82. The number of carbonyl (C=O) groups excluding carboxylic acids is 1. The van der Waals surface area contributed by atoms with Crippen molar-refractivity contribution < 1.29 is 13.2 Å². The monoisotopic (exact) mass is 415 g/mol. The number of nitrogens with zero attached hydrogens (tertiary/aromatic N) is 3. The van der Waals surface area contributed by atoms with Crippen LogP contribution in [0.3, 0.4) is 0 Å². The third-order valence-corrected chi connectivity index (χ3v) is 7.48. The summed E-state index contributed by atoms with van der Waals surface area (Å²) >= 11 is 1.62. The van der Waals surface area contributed by atoms with Gasteiger partial charge in [-0.15, -0.1) is 11.8 Å². The van der Waals surface area contributed by atoms with Gasteiger partial charge in [0.1, 0.15) is 6.07 Å². The number of rotatable bonds is 5. The molecule has 2 aromatic rings. The van der Waals surface area contributed by atoms with Gasteiger partial charge in [-0.2, -0.15) is 9.57 Å². The lowest BCUT2D eigenvalue weighted by atomic mass is 10.2. The Hall–Kier alpha value is -2.34. The van der Waals surface area contributed by atoms with Crippen molar-refractivity contribution >= 4 is 27.7 Å². The van der Waals surface area contributed by atoms with Crippen LogP contribution in [0, 0.1) is 11.3 Å². The molecule has 3 rings (SSSR count). The minimum absolute atomic E-state index is 0.0157. The molecule has 6 nitrogen and oxygen atoms in total. The van der Waals surface area contributed by atoms with Gasteiger partial charge in [-0.3, -0.25) is 4.79 Å². The average molecular weight is 416 g/mol. The van der Waals surface area contributed by atoms with E-state index in [9.17, 15) is 18.5 Å². The first-order chi connectivity index (χ1) is 13.5. The highest BCUT2D eigenvalue weighted by molar-refractivity contribution is 7.99. The Labute approximate surface area is 169 Å². The highest BCUT2D eigenvalue weighted by Crippen LogP contribution is 2.25. The van der Waals surface area contributed by atoms with Crippen molar-refractivity contribution in [2.45, 2.75) is 16.7 Å². The van der Waals surface area contributed by atoms with Crippen molar-refractivity contribution in [1.29, 1.82) is 5.26 Å². The molecule has 1 amide bonds. The fraction of sp³-hybridized carbons (Fsp3) is 0.300. The first kappa shape index (κ1) is 20.4. The standard InChI is InChI=1S/C20H21N3O3S2/c1-2-27-18-9-5-4-8-17(18)20(24)22-11-13-23(14-12-22)28(25,26)19-10-6-3-7-16(19)15-21/h3-10H,2,11-14H2,1H3. The molecule has 28 heavy (non-hydrogen) atoms. The average Bonchev–Trinajstić information content (AvgIpc) is 2.74. The number of piperazine rings is 1. The van der Waals surface area contributed by atoms with E-state index >= 15 is 0 Å². The summed E-state index contributed by atoms with van der Waals surface area (Å²) in [5.41, 5.74) is 0.784. The highest BCUT2D eigenvalue weighted by atomic mass is 32.2. The van der Waals surface area contributed by atoms with Gasteiger partial charge in [0.15, 0.2) is 0 Å². The second-order valence-corrected chi connectivity index (χ2v) is 9.45. The second kappa shape index (κ2) is 8.78. The Kier molecular flexibility index (Phi) is 6.39. The molecule has 0 unspecified atom stereocenters. The SMILES string of the molecule is CCSc1ccccc1C(=O)N1CCN(S(=O)(=O)c2ccccc2C#N)CC1. The lowest BCUT2D eigenvalue weighted by Gasteiger charge is -2.34. The molecule has 146 valence electrons. The molecule has 1 fully saturated rings. The van der Waals surface area contributed by atoms with E-state index in [1.54, 1.807) is 28.8 Å². The topological polar surface area (TPSA) is 81.5 Å². The quantitative estimate of drug-likeness (QED) is 0.702. The molecule has 1 aliphatic rings. The van der Waals surface area contributed by atoms with Gasteiger partial charge in [-0.1, -0.05) is 31.2 Å². The zero-order valence-corrected chi connectivity index (χ0v) is 17.2. The molecule has 0 atom stereocenters. The van der Waals surface area contributed by atoms with Gasteiger partial charge < -0.3 is 4.90 Å². The molecular formula is C20H21N3O3S2. The van der Waals surface area contributed by atoms with Crippen LogP contribution in [-0.2, 0) is 10.0 Å². The van der Waals surface area contributed by atoms with Crippen LogP contribution in [0.25, 0.3) is 0 Å². The Morgan fingerprint density at radius 2 is 1.71 bits per heavy atom. The number of thioether (sulfide) groups is 1. The lowest BCUT2D eigenvalue weighted by Crippen LogP contribution is -2.50. The number of carbonyl (C=O) groups is 1. The first-order valence-electron chi connectivity index (χ1n) is 8.99. The minimum atomic E-state index is -3.77. The van der Waals surface area contributed by atoms with Gasteiger partial charge >= 0.3 is 0 Å². The number of benzene rings is 2. The molecule has 0 spiro atoms. The number of nitriles is 1. The van der Waals surface area contributed by atoms with E-state index in [0.29, 0.717) is 18.7 Å². The largest absolute Gasteiger partial charge is 0.336 e. The number of amides is 1. The number of hydrogen-bond donors (Lipinski definition) is 0. The van der Waals surface area contributed by atoms with E-state index < -0.39 is 10.0 Å². The van der Waals surface area contributed by atoms with Gasteiger partial charge in [0, 0.05) is 31.1 Å². The van der Waals surface area contributed by atoms with Crippen LogP contribution in [0.5, 0.6) is 0 Å². The second-order valence-electron chi connectivity index (χ2n) is 6.23. The van der Waals surface area contributed by atoms with Gasteiger partial charge in [0.2, 0.25) is 10.0 Å². The summed E-state index contributed by atoms with van der Waals surface area (Å²) in [4.78, 5) is 15.6. The van der Waals surface area contributed by atoms with Crippen LogP contribution in [0.4, 0.5) is 0 Å². The summed E-state index contributed by atoms with van der Waals surface area (Å²) in [7, 11) is -3.77. The predicted molar refractivity (Wildman–Crippen MR) is 109 cm³/mol. The molecule has 0 bridgehead atoms. The fourth-order valence-corrected chi connectivity index (χ4v) is 5.51. The zero-order valence-electron chi connectivity index (χ0n) is 15.5. The summed E-state index contributed by atoms with van der Waals surface area (Å²) in [5.74, 6) is 0.792. The smallest absolute Gasteiger partial charge is 0.255 e. The van der Waals surface area contributed by atoms with Gasteiger partial charge in [0.25, 0.3) is 5.91 Å². The van der Waals surface area contributed by atoms with Crippen molar-refractivity contribution in [3.8, 4) is 6.07 Å². The molecule has 0 aromatic heterocycles. The van der Waals surface area contributed by atoms with Crippen LogP contribution in [0.1, 0.15) is 22.8 Å². The van der Waals surface area contributed by atoms with Crippen molar-refractivity contribution in [1.82, 2.24) is 9.21 Å². The first-order valence-corrected chi connectivity index (χ1v) is 11.4. The third-order valence-electron chi connectivity index (χ3n) is 4.57. The third kappa shape index (κ3) is 4.07. The Morgan fingerprint density at radius 1 is 1.07 bits per heavy atom. The molecule has 0 saturated carbocycles. The van der Waals surface area contributed by atoms with Crippen LogP contribution >= 0.6 is 11.8 Å². The molecule has 1 heterocycles. The van der Waals surface area contributed by atoms with Crippen molar-refractivity contribution in [3.05, 3.63) is 59.7 Å². The molecule has 2 aromatic carbocycles. The van der Waals surface area contributed by atoms with E-state index in [-0.39, 0.29) is 29.5 Å². The summed E-state index contributed by atoms with van der Waals surface area (Å²) in [5, 5.41) is 9.20. The normalized spacial score (nSPS) is 15.2. The number of hydrogen-bond acceptors (Lipinski definition) is 5. The van der Waals surface area contributed by atoms with Crippen molar-refractivity contribution in [3.63, 3.8) is 0 Å². The summed E-state index contributed by atoms with van der Waals surface area (Å²) in [6.45, 7) is 3.08. The lowest BCUT2D eigenvalue weighted by molar-refractivity contribution is 0.0694. The molecule has 0 radical (unpaired) electrons. The molecular weight excluding hydrogens is 394 g/mol. The Morgan fingerprint density at radius 3 is 2.39 bits per heavy atom. The fourth-order valence-electron chi connectivity index (χ4n) is 3.15. The summed E-state index contributed by atoms with van der Waals surface area (Å²) in [6, 6.07) is 15.6. The maximum absolute atomic E-state index is 12.9. The Bertz CT molecular complexity index is 1010. The van der Waals surface area contributed by atoms with E-state index in [1.807, 2.05) is 37.3 Å². The Balaban J connectivity index is 1.74. The van der Waals surface area contributed by atoms with Gasteiger partial charge in [-0.05, 0) is 30.0 Å². The van der Waals surface area contributed by atoms with Crippen LogP contribution in [0.2, 0.25) is 0 Å². The van der Waals surface area contributed by atoms with E-state index in [4.69, 9.17) is 0 Å². The maximum atomic E-state index is 12.9. The van der Waals surface area contributed by atoms with Crippen molar-refractivity contribution in [2.24, 2.45) is 0 Å². The van der Waals surface area contributed by atoms with E-state index in [0.717, 1.165) is 10.6 Å². The van der Waals surface area contributed by atoms with E-state index in [1.165, 1.54) is 16.4 Å².